The summed E-state index contributed by atoms with van der Waals surface area (Å²) in [6.45, 7) is 0.940. The molecule has 1 aliphatic heterocycles. The molecule has 0 aliphatic carbocycles. The Labute approximate surface area is 103 Å². The van der Waals surface area contributed by atoms with E-state index in [9.17, 15) is 4.39 Å². The Hall–Kier alpha value is -1.23. The van der Waals surface area contributed by atoms with Crippen LogP contribution in [-0.4, -0.2) is 28.0 Å². The summed E-state index contributed by atoms with van der Waals surface area (Å²) in [6.07, 6.45) is 1.27. The highest BCUT2D eigenvalue weighted by molar-refractivity contribution is 7.99. The number of rotatable bonds is 3. The number of nitrogens with zero attached hydrogens (tertiary/aromatic N) is 1. The molecule has 0 amide bonds. The maximum Gasteiger partial charge on any atom is 0.201 e. The van der Waals surface area contributed by atoms with Crippen LogP contribution in [0.3, 0.4) is 0 Å². The van der Waals surface area contributed by atoms with Crippen LogP contribution in [0.1, 0.15) is 6.42 Å². The smallest absolute Gasteiger partial charge is 0.201 e. The zero-order valence-electron chi connectivity index (χ0n) is 9.37. The first-order chi connectivity index (χ1) is 8.31. The van der Waals surface area contributed by atoms with Gasteiger partial charge >= 0.3 is 0 Å². The van der Waals surface area contributed by atoms with Crippen molar-refractivity contribution in [1.29, 1.82) is 0 Å². The van der Waals surface area contributed by atoms with Gasteiger partial charge in [0.05, 0.1) is 11.0 Å². The van der Waals surface area contributed by atoms with Gasteiger partial charge in [-0.15, -0.1) is 0 Å². The van der Waals surface area contributed by atoms with Crippen molar-refractivity contribution in [3.63, 3.8) is 0 Å². The molecule has 1 aromatic heterocycles. The Kier molecular flexibility index (Phi) is 2.93. The second-order valence-corrected chi connectivity index (χ2v) is 5.51. The van der Waals surface area contributed by atoms with Crippen LogP contribution in [0.25, 0.3) is 11.0 Å². The van der Waals surface area contributed by atoms with E-state index in [0.717, 1.165) is 29.4 Å². The number of nitrogens with one attached hydrogen (secondary N) is 2. The van der Waals surface area contributed by atoms with Crippen LogP contribution in [0.5, 0.6) is 0 Å². The minimum atomic E-state index is -0.236. The predicted octanol–water partition coefficient (Wildman–Crippen LogP) is 2.87. The van der Waals surface area contributed by atoms with Crippen molar-refractivity contribution in [2.75, 3.05) is 23.4 Å². The normalized spacial score (nSPS) is 19.9. The third-order valence-electron chi connectivity index (χ3n) is 3.03. The lowest BCUT2D eigenvalue weighted by molar-refractivity contribution is 0.629. The molecule has 2 N–H and O–H groups in total. The first-order valence-electron chi connectivity index (χ1n) is 5.78. The number of aromatic nitrogens is 2. The van der Waals surface area contributed by atoms with Crippen molar-refractivity contribution in [2.24, 2.45) is 5.92 Å². The van der Waals surface area contributed by atoms with Crippen molar-refractivity contribution in [3.05, 3.63) is 24.0 Å². The summed E-state index contributed by atoms with van der Waals surface area (Å²) >= 11 is 2.00. The molecule has 1 unspecified atom stereocenters. The Morgan fingerprint density at radius 3 is 3.29 bits per heavy atom. The molecule has 3 rings (SSSR count). The second-order valence-electron chi connectivity index (χ2n) is 4.36. The van der Waals surface area contributed by atoms with Gasteiger partial charge in [0.15, 0.2) is 0 Å². The second kappa shape index (κ2) is 4.56. The Balaban J connectivity index is 1.72. The quantitative estimate of drug-likeness (QED) is 0.881. The summed E-state index contributed by atoms with van der Waals surface area (Å²) in [7, 11) is 0. The number of fused-ring (bicyclic) bond motifs is 1. The molecule has 2 heterocycles. The van der Waals surface area contributed by atoms with E-state index in [1.54, 1.807) is 6.07 Å². The number of benzene rings is 1. The van der Waals surface area contributed by atoms with E-state index in [4.69, 9.17) is 0 Å². The van der Waals surface area contributed by atoms with Gasteiger partial charge in [0.25, 0.3) is 0 Å². The number of halogens is 1. The number of aromatic amines is 1. The number of hydrogen-bond acceptors (Lipinski definition) is 3. The van der Waals surface area contributed by atoms with E-state index in [1.807, 2.05) is 11.8 Å². The number of thioether (sulfide) groups is 1. The average molecular weight is 251 g/mol. The summed E-state index contributed by atoms with van der Waals surface area (Å²) in [5.41, 5.74) is 1.54. The monoisotopic (exact) mass is 251 g/mol. The van der Waals surface area contributed by atoms with Gasteiger partial charge in [-0.05, 0) is 42.0 Å². The first-order valence-corrected chi connectivity index (χ1v) is 6.93. The molecule has 0 bridgehead atoms. The Morgan fingerprint density at radius 1 is 1.53 bits per heavy atom. The van der Waals surface area contributed by atoms with Gasteiger partial charge in [0.1, 0.15) is 5.82 Å². The molecule has 1 aromatic carbocycles. The molecule has 0 radical (unpaired) electrons. The van der Waals surface area contributed by atoms with Gasteiger partial charge in [0.2, 0.25) is 5.95 Å². The molecule has 3 nitrogen and oxygen atoms in total. The number of imidazole rings is 1. The maximum absolute atomic E-state index is 13.0. The van der Waals surface area contributed by atoms with Crippen LogP contribution in [0.15, 0.2) is 18.2 Å². The van der Waals surface area contributed by atoms with E-state index >= 15 is 0 Å². The fraction of sp³-hybridized carbons (Fsp3) is 0.417. The molecule has 0 spiro atoms. The van der Waals surface area contributed by atoms with Gasteiger partial charge < -0.3 is 10.3 Å². The topological polar surface area (TPSA) is 40.7 Å². The van der Waals surface area contributed by atoms with Crippen LogP contribution in [0.4, 0.5) is 10.3 Å². The van der Waals surface area contributed by atoms with Crippen molar-refractivity contribution < 1.29 is 4.39 Å². The lowest BCUT2D eigenvalue weighted by Crippen LogP contribution is -2.14. The average Bonchev–Trinajstić information content (AvgIpc) is 2.94. The molecule has 17 heavy (non-hydrogen) atoms. The fourth-order valence-electron chi connectivity index (χ4n) is 2.05. The van der Waals surface area contributed by atoms with E-state index in [2.05, 4.69) is 15.3 Å². The lowest BCUT2D eigenvalue weighted by atomic mass is 10.1. The zero-order valence-corrected chi connectivity index (χ0v) is 10.2. The highest BCUT2D eigenvalue weighted by Gasteiger charge is 2.15. The van der Waals surface area contributed by atoms with Crippen molar-refractivity contribution in [2.45, 2.75) is 6.42 Å². The first kappa shape index (κ1) is 10.9. The third-order valence-corrected chi connectivity index (χ3v) is 4.26. The molecule has 1 atom stereocenters. The summed E-state index contributed by atoms with van der Waals surface area (Å²) in [4.78, 5) is 7.47. The van der Waals surface area contributed by atoms with E-state index in [0.29, 0.717) is 0 Å². The molecule has 0 saturated carbocycles. The molecule has 1 fully saturated rings. The van der Waals surface area contributed by atoms with Gasteiger partial charge in [-0.3, -0.25) is 0 Å². The van der Waals surface area contributed by atoms with Crippen LogP contribution in [0.2, 0.25) is 0 Å². The van der Waals surface area contributed by atoms with Gasteiger partial charge in [0, 0.05) is 6.54 Å². The molecule has 1 saturated heterocycles. The van der Waals surface area contributed by atoms with Crippen LogP contribution in [-0.2, 0) is 0 Å². The fourth-order valence-corrected chi connectivity index (χ4v) is 3.34. The Bertz CT molecular complexity index is 519. The molecular weight excluding hydrogens is 237 g/mol. The van der Waals surface area contributed by atoms with E-state index in [1.165, 1.54) is 30.1 Å². The minimum Gasteiger partial charge on any atom is -0.355 e. The van der Waals surface area contributed by atoms with Crippen LogP contribution in [0, 0.1) is 11.7 Å². The SMILES string of the molecule is Fc1ccc2nc(NCC3CCSC3)[nH]c2c1. The largest absolute Gasteiger partial charge is 0.355 e. The van der Waals surface area contributed by atoms with Crippen LogP contribution < -0.4 is 5.32 Å². The number of anilines is 1. The highest BCUT2D eigenvalue weighted by atomic mass is 32.2. The summed E-state index contributed by atoms with van der Waals surface area (Å²) in [5.74, 6) is 3.71. The predicted molar refractivity (Wildman–Crippen MR) is 70.0 cm³/mol. The highest BCUT2D eigenvalue weighted by Crippen LogP contribution is 2.23. The third kappa shape index (κ3) is 2.39. The minimum absolute atomic E-state index is 0.236. The van der Waals surface area contributed by atoms with E-state index in [-0.39, 0.29) is 5.82 Å². The van der Waals surface area contributed by atoms with Gasteiger partial charge in [-0.1, -0.05) is 0 Å². The van der Waals surface area contributed by atoms with E-state index < -0.39 is 0 Å². The zero-order chi connectivity index (χ0) is 11.7. The molecule has 5 heteroatoms. The standard InChI is InChI=1S/C12H14FN3S/c13-9-1-2-10-11(5-9)16-12(15-10)14-6-8-3-4-17-7-8/h1-2,5,8H,3-4,6-7H2,(H2,14,15,16). The molecule has 2 aromatic rings. The lowest BCUT2D eigenvalue weighted by Gasteiger charge is -2.08. The molecular formula is C12H14FN3S. The Morgan fingerprint density at radius 2 is 2.47 bits per heavy atom. The summed E-state index contributed by atoms with van der Waals surface area (Å²) in [5, 5.41) is 3.29. The van der Waals surface area contributed by atoms with Crippen molar-refractivity contribution >= 4 is 28.7 Å². The van der Waals surface area contributed by atoms with Crippen LogP contribution >= 0.6 is 11.8 Å². The van der Waals surface area contributed by atoms with Crippen molar-refractivity contribution in [3.8, 4) is 0 Å². The number of H-pyrrole nitrogens is 1. The number of hydrogen-bond donors (Lipinski definition) is 2. The molecule has 90 valence electrons. The molecule has 1 aliphatic rings. The summed E-state index contributed by atoms with van der Waals surface area (Å²) < 4.78 is 13.0. The maximum atomic E-state index is 13.0. The van der Waals surface area contributed by atoms with Crippen molar-refractivity contribution in [1.82, 2.24) is 9.97 Å². The van der Waals surface area contributed by atoms with Gasteiger partial charge in [-0.25, -0.2) is 9.37 Å². The summed E-state index contributed by atoms with van der Waals surface area (Å²) in [6, 6.07) is 4.59. The van der Waals surface area contributed by atoms with Gasteiger partial charge in [-0.2, -0.15) is 11.8 Å².